The minimum absolute atomic E-state index is 0.0112. The number of carboxylic acids is 1. The van der Waals surface area contributed by atoms with Gasteiger partial charge in [0, 0.05) is 30.6 Å². The number of carbonyl (C=O) groups excluding carboxylic acids is 1. The smallest absolute Gasteiger partial charge is 0.327 e. The van der Waals surface area contributed by atoms with E-state index < -0.39 is 12.0 Å². The monoisotopic (exact) mass is 307 g/mol. The normalized spacial score (nSPS) is 25.7. The lowest BCUT2D eigenvalue weighted by Gasteiger charge is -2.26. The largest absolute Gasteiger partial charge is 0.480 e. The Bertz CT molecular complexity index is 594. The van der Waals surface area contributed by atoms with Crippen LogP contribution in [0.4, 0.5) is 0 Å². The predicted octanol–water partition coefficient (Wildman–Crippen LogP) is 1.20. The number of aliphatic carboxylic acids is 1. The lowest BCUT2D eigenvalue weighted by atomic mass is 10.2. The molecule has 1 aromatic heterocycles. The van der Waals surface area contributed by atoms with Gasteiger partial charge in [0.05, 0.1) is 11.6 Å². The van der Waals surface area contributed by atoms with Crippen LogP contribution in [0.15, 0.2) is 18.5 Å². The molecule has 2 aliphatic rings. The van der Waals surface area contributed by atoms with Gasteiger partial charge in [-0.3, -0.25) is 9.48 Å². The number of thioether (sulfide) groups is 1. The number of amides is 1. The number of carboxylic acid groups (broad SMARTS) is 1. The van der Waals surface area contributed by atoms with E-state index in [0.29, 0.717) is 11.7 Å². The molecule has 3 rings (SSSR count). The van der Waals surface area contributed by atoms with E-state index >= 15 is 0 Å². The molecule has 1 aliphatic carbocycles. The standard InChI is InChI=1S/C14H17N3O3S/c1-16-7-9(6-15-16)2-5-12(18)17-11(14(19)20)8-21-13(17)10-3-4-10/h2,5-7,10-11,13H,3-4,8H2,1H3,(H,19,20). The second-order valence-electron chi connectivity index (χ2n) is 5.44. The van der Waals surface area contributed by atoms with Crippen molar-refractivity contribution in [2.75, 3.05) is 5.75 Å². The van der Waals surface area contributed by atoms with Gasteiger partial charge in [0.25, 0.3) is 0 Å². The van der Waals surface area contributed by atoms with Gasteiger partial charge in [-0.15, -0.1) is 11.8 Å². The van der Waals surface area contributed by atoms with E-state index in [0.717, 1.165) is 18.4 Å². The minimum atomic E-state index is -0.922. The molecule has 1 saturated heterocycles. The maximum absolute atomic E-state index is 12.4. The third-order valence-electron chi connectivity index (χ3n) is 3.74. The van der Waals surface area contributed by atoms with Crippen LogP contribution in [-0.4, -0.2) is 48.8 Å². The van der Waals surface area contributed by atoms with Gasteiger partial charge in [0.15, 0.2) is 0 Å². The average Bonchev–Trinajstić information content (AvgIpc) is 3.04. The van der Waals surface area contributed by atoms with Crippen molar-refractivity contribution in [3.05, 3.63) is 24.0 Å². The van der Waals surface area contributed by atoms with E-state index in [4.69, 9.17) is 0 Å². The van der Waals surface area contributed by atoms with Crippen molar-refractivity contribution in [3.8, 4) is 0 Å². The fraction of sp³-hybridized carbons (Fsp3) is 0.500. The SMILES string of the molecule is Cn1cc(C=CC(=O)N2C(C(=O)O)CSC2C2CC2)cn1. The molecule has 2 fully saturated rings. The molecule has 6 nitrogen and oxygen atoms in total. The first kappa shape index (κ1) is 14.2. The molecule has 0 radical (unpaired) electrons. The first-order chi connectivity index (χ1) is 10.1. The third kappa shape index (κ3) is 2.97. The van der Waals surface area contributed by atoms with Crippen LogP contribution in [0, 0.1) is 5.92 Å². The molecule has 21 heavy (non-hydrogen) atoms. The fourth-order valence-electron chi connectivity index (χ4n) is 2.52. The summed E-state index contributed by atoms with van der Waals surface area (Å²) < 4.78 is 1.66. The number of carbonyl (C=O) groups is 2. The van der Waals surface area contributed by atoms with Crippen molar-refractivity contribution in [2.24, 2.45) is 13.0 Å². The molecule has 1 N–H and O–H groups in total. The summed E-state index contributed by atoms with van der Waals surface area (Å²) in [6, 6.07) is -0.716. The van der Waals surface area contributed by atoms with Gasteiger partial charge in [-0.05, 0) is 24.8 Å². The van der Waals surface area contributed by atoms with E-state index in [-0.39, 0.29) is 11.3 Å². The van der Waals surface area contributed by atoms with Crippen molar-refractivity contribution in [2.45, 2.75) is 24.3 Å². The summed E-state index contributed by atoms with van der Waals surface area (Å²) in [5.74, 6) is -0.222. The Balaban J connectivity index is 1.76. The number of aromatic nitrogens is 2. The van der Waals surface area contributed by atoms with Gasteiger partial charge in [0.2, 0.25) is 5.91 Å². The first-order valence-electron chi connectivity index (χ1n) is 6.89. The van der Waals surface area contributed by atoms with Crippen LogP contribution in [0.25, 0.3) is 6.08 Å². The Morgan fingerprint density at radius 3 is 2.81 bits per heavy atom. The van der Waals surface area contributed by atoms with Crippen molar-refractivity contribution in [1.29, 1.82) is 0 Å². The van der Waals surface area contributed by atoms with Crippen LogP contribution in [0.2, 0.25) is 0 Å². The van der Waals surface area contributed by atoms with Crippen LogP contribution in [0.5, 0.6) is 0 Å². The van der Waals surface area contributed by atoms with Gasteiger partial charge in [-0.1, -0.05) is 0 Å². The molecule has 0 aromatic carbocycles. The highest BCUT2D eigenvalue weighted by Crippen LogP contribution is 2.45. The molecule has 0 spiro atoms. The van der Waals surface area contributed by atoms with Crippen LogP contribution in [-0.2, 0) is 16.6 Å². The van der Waals surface area contributed by atoms with Crippen molar-refractivity contribution in [1.82, 2.24) is 14.7 Å². The number of rotatable bonds is 4. The predicted molar refractivity (Wildman–Crippen MR) is 79.5 cm³/mol. The number of nitrogens with zero attached hydrogens (tertiary/aromatic N) is 3. The Morgan fingerprint density at radius 2 is 2.24 bits per heavy atom. The Kier molecular flexibility index (Phi) is 3.75. The summed E-state index contributed by atoms with van der Waals surface area (Å²) >= 11 is 1.59. The number of hydrogen-bond donors (Lipinski definition) is 1. The molecule has 2 heterocycles. The van der Waals surface area contributed by atoms with Gasteiger partial charge in [-0.2, -0.15) is 5.10 Å². The Hall–Kier alpha value is -1.76. The topological polar surface area (TPSA) is 75.4 Å². The molecule has 0 bridgehead atoms. The van der Waals surface area contributed by atoms with E-state index in [9.17, 15) is 14.7 Å². The molecule has 2 atom stereocenters. The summed E-state index contributed by atoms with van der Waals surface area (Å²) in [6.07, 6.45) is 8.76. The zero-order valence-electron chi connectivity index (χ0n) is 11.7. The van der Waals surface area contributed by atoms with Crippen LogP contribution in [0.3, 0.4) is 0 Å². The summed E-state index contributed by atoms with van der Waals surface area (Å²) in [7, 11) is 1.81. The molecule has 7 heteroatoms. The van der Waals surface area contributed by atoms with Crippen molar-refractivity contribution >= 4 is 29.7 Å². The zero-order valence-corrected chi connectivity index (χ0v) is 12.5. The highest BCUT2D eigenvalue weighted by Gasteiger charge is 2.47. The summed E-state index contributed by atoms with van der Waals surface area (Å²) in [5.41, 5.74) is 0.826. The van der Waals surface area contributed by atoms with Crippen molar-refractivity contribution in [3.63, 3.8) is 0 Å². The second kappa shape index (κ2) is 5.55. The number of aryl methyl sites for hydroxylation is 1. The molecule has 1 saturated carbocycles. The van der Waals surface area contributed by atoms with Crippen molar-refractivity contribution < 1.29 is 14.7 Å². The quantitative estimate of drug-likeness (QED) is 0.846. The van der Waals surface area contributed by atoms with Crippen LogP contribution in [0.1, 0.15) is 18.4 Å². The number of hydrogen-bond acceptors (Lipinski definition) is 4. The third-order valence-corrected chi connectivity index (χ3v) is 5.20. The lowest BCUT2D eigenvalue weighted by molar-refractivity contribution is -0.147. The zero-order chi connectivity index (χ0) is 15.0. The first-order valence-corrected chi connectivity index (χ1v) is 7.94. The van der Waals surface area contributed by atoms with Gasteiger partial charge >= 0.3 is 5.97 Å². The minimum Gasteiger partial charge on any atom is -0.480 e. The summed E-state index contributed by atoms with van der Waals surface area (Å²) in [5, 5.41) is 13.3. The maximum atomic E-state index is 12.4. The highest BCUT2D eigenvalue weighted by molar-refractivity contribution is 8.00. The second-order valence-corrected chi connectivity index (χ2v) is 6.59. The molecule has 1 aliphatic heterocycles. The Morgan fingerprint density at radius 1 is 1.48 bits per heavy atom. The van der Waals surface area contributed by atoms with Gasteiger partial charge in [0.1, 0.15) is 6.04 Å². The summed E-state index contributed by atoms with van der Waals surface area (Å²) in [6.45, 7) is 0. The molecule has 1 aromatic rings. The highest BCUT2D eigenvalue weighted by atomic mass is 32.2. The van der Waals surface area contributed by atoms with Gasteiger partial charge < -0.3 is 10.0 Å². The van der Waals surface area contributed by atoms with E-state index in [1.165, 1.54) is 11.0 Å². The molecular weight excluding hydrogens is 290 g/mol. The summed E-state index contributed by atoms with van der Waals surface area (Å²) in [4.78, 5) is 25.3. The Labute approximate surface area is 126 Å². The fourth-order valence-corrected chi connectivity index (χ4v) is 4.16. The van der Waals surface area contributed by atoms with Crippen LogP contribution >= 0.6 is 11.8 Å². The molecular formula is C14H17N3O3S. The van der Waals surface area contributed by atoms with E-state index in [1.807, 2.05) is 0 Å². The van der Waals surface area contributed by atoms with Gasteiger partial charge in [-0.25, -0.2) is 4.79 Å². The van der Waals surface area contributed by atoms with E-state index in [1.54, 1.807) is 42.0 Å². The molecule has 1 amide bonds. The van der Waals surface area contributed by atoms with E-state index in [2.05, 4.69) is 5.10 Å². The average molecular weight is 307 g/mol. The molecule has 112 valence electrons. The molecule has 2 unspecified atom stereocenters. The van der Waals surface area contributed by atoms with Crippen LogP contribution < -0.4 is 0 Å². The lowest BCUT2D eigenvalue weighted by Crippen LogP contribution is -2.45. The maximum Gasteiger partial charge on any atom is 0.327 e.